The van der Waals surface area contributed by atoms with Gasteiger partial charge >= 0.3 is 5.97 Å². The number of anilines is 1. The molecule has 0 aliphatic carbocycles. The normalized spacial score (nSPS) is 10.2. The van der Waals surface area contributed by atoms with Gasteiger partial charge in [0.05, 0.1) is 5.69 Å². The monoisotopic (exact) mass is 219 g/mol. The number of aromatic nitrogens is 2. The third kappa shape index (κ3) is 1.68. The molecule has 0 atom stereocenters. The molecule has 82 valence electrons. The fraction of sp³-hybridized carbons (Fsp3) is 0. The molecule has 1 aromatic carbocycles. The maximum atomic E-state index is 11.5. The maximum absolute atomic E-state index is 11.5. The van der Waals surface area contributed by atoms with Gasteiger partial charge in [-0.25, -0.2) is 9.48 Å². The van der Waals surface area contributed by atoms with E-state index in [0.29, 0.717) is 11.4 Å². The summed E-state index contributed by atoms with van der Waals surface area (Å²) in [7, 11) is 0. The van der Waals surface area contributed by atoms with Crippen LogP contribution < -0.4 is 11.3 Å². The van der Waals surface area contributed by atoms with Crippen LogP contribution in [0.4, 0.5) is 5.69 Å². The van der Waals surface area contributed by atoms with Crippen molar-refractivity contribution in [3.8, 4) is 5.69 Å². The highest BCUT2D eigenvalue weighted by Gasteiger charge is 2.10. The molecule has 2 aromatic rings. The molecule has 1 aromatic heterocycles. The zero-order valence-electron chi connectivity index (χ0n) is 8.18. The van der Waals surface area contributed by atoms with Gasteiger partial charge in [0, 0.05) is 11.8 Å². The molecule has 0 aliphatic heterocycles. The highest BCUT2D eigenvalue weighted by atomic mass is 16.4. The first-order chi connectivity index (χ1) is 7.58. The lowest BCUT2D eigenvalue weighted by Gasteiger charge is -2.01. The van der Waals surface area contributed by atoms with Crippen LogP contribution >= 0.6 is 0 Å². The highest BCUT2D eigenvalue weighted by Crippen LogP contribution is 2.09. The van der Waals surface area contributed by atoms with Crippen molar-refractivity contribution < 1.29 is 9.90 Å². The lowest BCUT2D eigenvalue weighted by molar-refractivity contribution is 0.0690. The zero-order valence-corrected chi connectivity index (χ0v) is 8.18. The molecule has 0 bridgehead atoms. The number of benzene rings is 1. The topological polar surface area (TPSA) is 101 Å². The molecule has 0 aliphatic rings. The minimum absolute atomic E-state index is 0.160. The SMILES string of the molecule is Nc1cccc(-n2[nH]c(C(=O)O)cc2=O)c1. The predicted octanol–water partition coefficient (Wildman–Crippen LogP) is 0.446. The third-order valence-corrected chi connectivity index (χ3v) is 2.08. The summed E-state index contributed by atoms with van der Waals surface area (Å²) in [6, 6.07) is 7.60. The number of nitrogen functional groups attached to an aromatic ring is 1. The van der Waals surface area contributed by atoms with Gasteiger partial charge < -0.3 is 10.8 Å². The number of carbonyl (C=O) groups is 1. The summed E-state index contributed by atoms with van der Waals surface area (Å²) in [5.41, 5.74) is 5.96. The zero-order chi connectivity index (χ0) is 11.7. The van der Waals surface area contributed by atoms with E-state index in [1.54, 1.807) is 24.3 Å². The van der Waals surface area contributed by atoms with E-state index < -0.39 is 11.5 Å². The number of nitrogens with zero attached hydrogens (tertiary/aromatic N) is 1. The first kappa shape index (κ1) is 10.0. The summed E-state index contributed by atoms with van der Waals surface area (Å²) >= 11 is 0. The summed E-state index contributed by atoms with van der Waals surface area (Å²) in [4.78, 5) is 22.1. The van der Waals surface area contributed by atoms with Gasteiger partial charge in [-0.15, -0.1) is 0 Å². The van der Waals surface area contributed by atoms with Gasteiger partial charge in [0.15, 0.2) is 0 Å². The molecule has 0 fully saturated rings. The van der Waals surface area contributed by atoms with Gasteiger partial charge in [-0.05, 0) is 18.2 Å². The molecular weight excluding hydrogens is 210 g/mol. The number of carboxylic acids is 1. The fourth-order valence-electron chi connectivity index (χ4n) is 1.36. The number of hydrogen-bond acceptors (Lipinski definition) is 3. The van der Waals surface area contributed by atoms with Gasteiger partial charge in [-0.3, -0.25) is 9.89 Å². The Bertz CT molecular complexity index is 597. The number of hydrogen-bond donors (Lipinski definition) is 3. The smallest absolute Gasteiger partial charge is 0.353 e. The molecule has 16 heavy (non-hydrogen) atoms. The van der Waals surface area contributed by atoms with Gasteiger partial charge in [0.1, 0.15) is 5.69 Å². The van der Waals surface area contributed by atoms with Crippen LogP contribution in [0.25, 0.3) is 5.69 Å². The number of aromatic carboxylic acids is 1. The standard InChI is InChI=1S/C10H9N3O3/c11-6-2-1-3-7(4-6)13-9(14)5-8(12-13)10(15)16/h1-5,12H,11H2,(H,15,16). The second kappa shape index (κ2) is 3.58. The Kier molecular flexibility index (Phi) is 2.24. The molecule has 0 amide bonds. The van der Waals surface area contributed by atoms with E-state index in [1.807, 2.05) is 0 Å². The number of aromatic amines is 1. The van der Waals surface area contributed by atoms with Crippen molar-refractivity contribution in [3.63, 3.8) is 0 Å². The minimum atomic E-state index is -1.18. The van der Waals surface area contributed by atoms with Crippen LogP contribution in [0.3, 0.4) is 0 Å². The Morgan fingerprint density at radius 2 is 2.12 bits per heavy atom. The molecule has 0 radical (unpaired) electrons. The lowest BCUT2D eigenvalue weighted by Crippen LogP contribution is -2.13. The lowest BCUT2D eigenvalue weighted by atomic mass is 10.3. The van der Waals surface area contributed by atoms with Gasteiger partial charge in [0.25, 0.3) is 5.56 Å². The quantitative estimate of drug-likeness (QED) is 0.638. The minimum Gasteiger partial charge on any atom is -0.477 e. The average Bonchev–Trinajstić information content (AvgIpc) is 2.60. The van der Waals surface area contributed by atoms with E-state index in [-0.39, 0.29) is 5.69 Å². The van der Waals surface area contributed by atoms with E-state index >= 15 is 0 Å². The molecule has 6 heteroatoms. The molecular formula is C10H9N3O3. The summed E-state index contributed by atoms with van der Waals surface area (Å²) in [5.74, 6) is -1.18. The van der Waals surface area contributed by atoms with Gasteiger partial charge in [-0.1, -0.05) is 6.07 Å². The van der Waals surface area contributed by atoms with Crippen molar-refractivity contribution in [2.75, 3.05) is 5.73 Å². The van der Waals surface area contributed by atoms with Crippen molar-refractivity contribution in [1.82, 2.24) is 9.78 Å². The van der Waals surface area contributed by atoms with Crippen molar-refractivity contribution in [1.29, 1.82) is 0 Å². The Morgan fingerprint density at radius 3 is 2.69 bits per heavy atom. The van der Waals surface area contributed by atoms with Crippen LogP contribution in [-0.4, -0.2) is 20.9 Å². The average molecular weight is 219 g/mol. The molecule has 4 N–H and O–H groups in total. The molecule has 0 saturated carbocycles. The second-order valence-electron chi connectivity index (χ2n) is 3.24. The maximum Gasteiger partial charge on any atom is 0.353 e. The summed E-state index contributed by atoms with van der Waals surface area (Å²) in [5, 5.41) is 11.2. The van der Waals surface area contributed by atoms with E-state index in [0.717, 1.165) is 10.7 Å². The van der Waals surface area contributed by atoms with Crippen LogP contribution in [0, 0.1) is 0 Å². The first-order valence-corrected chi connectivity index (χ1v) is 4.49. The van der Waals surface area contributed by atoms with Crippen LogP contribution in [-0.2, 0) is 0 Å². The van der Waals surface area contributed by atoms with E-state index in [4.69, 9.17) is 10.8 Å². The summed E-state index contributed by atoms with van der Waals surface area (Å²) in [6.45, 7) is 0. The Labute approximate surface area is 89.9 Å². The first-order valence-electron chi connectivity index (χ1n) is 4.49. The highest BCUT2D eigenvalue weighted by molar-refractivity contribution is 5.85. The van der Waals surface area contributed by atoms with Gasteiger partial charge in [0.2, 0.25) is 0 Å². The van der Waals surface area contributed by atoms with Crippen LogP contribution in [0.5, 0.6) is 0 Å². The van der Waals surface area contributed by atoms with E-state index in [1.165, 1.54) is 0 Å². The Morgan fingerprint density at radius 1 is 1.38 bits per heavy atom. The van der Waals surface area contributed by atoms with E-state index in [2.05, 4.69) is 5.10 Å². The number of rotatable bonds is 2. The summed E-state index contributed by atoms with van der Waals surface area (Å²) in [6.07, 6.45) is 0. The van der Waals surface area contributed by atoms with Crippen molar-refractivity contribution in [2.24, 2.45) is 0 Å². The molecule has 6 nitrogen and oxygen atoms in total. The number of H-pyrrole nitrogens is 1. The molecule has 0 unspecified atom stereocenters. The molecule has 0 saturated heterocycles. The molecule has 2 rings (SSSR count). The van der Waals surface area contributed by atoms with E-state index in [9.17, 15) is 9.59 Å². The Balaban J connectivity index is 2.56. The largest absolute Gasteiger partial charge is 0.477 e. The second-order valence-corrected chi connectivity index (χ2v) is 3.24. The predicted molar refractivity (Wildman–Crippen MR) is 57.8 cm³/mol. The van der Waals surface area contributed by atoms with Crippen LogP contribution in [0.15, 0.2) is 35.1 Å². The van der Waals surface area contributed by atoms with Gasteiger partial charge in [-0.2, -0.15) is 0 Å². The Hall–Kier alpha value is -2.50. The van der Waals surface area contributed by atoms with Crippen molar-refractivity contribution >= 4 is 11.7 Å². The van der Waals surface area contributed by atoms with Crippen LogP contribution in [0.1, 0.15) is 10.5 Å². The third-order valence-electron chi connectivity index (χ3n) is 2.08. The molecule has 1 heterocycles. The molecule has 0 spiro atoms. The number of nitrogens with two attached hydrogens (primary N) is 1. The number of nitrogens with one attached hydrogen (secondary N) is 1. The van der Waals surface area contributed by atoms with Crippen LogP contribution in [0.2, 0.25) is 0 Å². The van der Waals surface area contributed by atoms with Crippen molar-refractivity contribution in [3.05, 3.63) is 46.4 Å². The number of carboxylic acid groups (broad SMARTS) is 1. The summed E-state index contributed by atoms with van der Waals surface area (Å²) < 4.78 is 1.12. The van der Waals surface area contributed by atoms with Crippen molar-refractivity contribution in [2.45, 2.75) is 0 Å². The fourth-order valence-corrected chi connectivity index (χ4v) is 1.36.